The van der Waals surface area contributed by atoms with E-state index in [2.05, 4.69) is 289 Å². The van der Waals surface area contributed by atoms with E-state index in [0.29, 0.717) is 0 Å². The van der Waals surface area contributed by atoms with Crippen LogP contribution in [-0.2, 0) is 5.41 Å². The molecule has 69 heavy (non-hydrogen) atoms. The van der Waals surface area contributed by atoms with Gasteiger partial charge >= 0.3 is 0 Å². The fraction of sp³-hybridized carbons (Fsp3) is 0.0149. The van der Waals surface area contributed by atoms with Crippen molar-refractivity contribution in [1.29, 1.82) is 0 Å². The monoisotopic (exact) mass is 878 g/mol. The molecule has 0 N–H and O–H groups in total. The van der Waals surface area contributed by atoms with Crippen molar-refractivity contribution in [2.75, 3.05) is 4.90 Å². The first-order chi connectivity index (χ1) is 34.2. The van der Waals surface area contributed by atoms with Gasteiger partial charge in [-0.15, -0.1) is 0 Å². The molecule has 324 valence electrons. The van der Waals surface area contributed by atoms with Gasteiger partial charge in [-0.3, -0.25) is 0 Å². The smallest absolute Gasteiger partial charge is 0.0713 e. The van der Waals surface area contributed by atoms with Crippen LogP contribution in [0, 0.1) is 0 Å². The van der Waals surface area contributed by atoms with Gasteiger partial charge in [0.1, 0.15) is 0 Å². The lowest BCUT2D eigenvalue weighted by Gasteiger charge is -2.34. The van der Waals surface area contributed by atoms with Gasteiger partial charge in [-0.25, -0.2) is 0 Å². The third-order valence-corrected chi connectivity index (χ3v) is 14.3. The van der Waals surface area contributed by atoms with Gasteiger partial charge in [0.2, 0.25) is 0 Å². The fourth-order valence-electron chi connectivity index (χ4n) is 11.2. The predicted octanol–water partition coefficient (Wildman–Crippen LogP) is 17.6. The topological polar surface area (TPSA) is 8.17 Å². The SMILES string of the molecule is c1ccc(-c2cc(-c3ccccc3)cc(N(c3ccc(-c4ccc(-n5c6ccccc6c6ccccc65)cc4)cc3)c3ccc(C4(c5ccccc5)c5ccccc5-c5ccccc54)cc3)c2)cc1. The van der Waals surface area contributed by atoms with Gasteiger partial charge in [0, 0.05) is 33.5 Å². The Balaban J connectivity index is 0.946. The molecule has 0 aliphatic heterocycles. The highest BCUT2D eigenvalue weighted by Crippen LogP contribution is 2.56. The van der Waals surface area contributed by atoms with Gasteiger partial charge in [-0.2, -0.15) is 0 Å². The summed E-state index contributed by atoms with van der Waals surface area (Å²) in [5.74, 6) is 0. The number of aromatic nitrogens is 1. The number of rotatable bonds is 9. The van der Waals surface area contributed by atoms with E-state index < -0.39 is 5.41 Å². The van der Waals surface area contributed by atoms with Gasteiger partial charge in [0.15, 0.2) is 0 Å². The van der Waals surface area contributed by atoms with Crippen LogP contribution in [0.15, 0.2) is 279 Å². The number of hydrogen-bond donors (Lipinski definition) is 0. The summed E-state index contributed by atoms with van der Waals surface area (Å²) >= 11 is 0. The average Bonchev–Trinajstić information content (AvgIpc) is 3.93. The minimum atomic E-state index is -0.482. The molecular formula is C67H46N2. The van der Waals surface area contributed by atoms with Gasteiger partial charge in [-0.05, 0) is 133 Å². The first kappa shape index (κ1) is 40.3. The molecule has 13 rings (SSSR count). The van der Waals surface area contributed by atoms with E-state index in [1.165, 1.54) is 71.9 Å². The van der Waals surface area contributed by atoms with E-state index >= 15 is 0 Å². The van der Waals surface area contributed by atoms with E-state index in [1.54, 1.807) is 0 Å². The van der Waals surface area contributed by atoms with Crippen LogP contribution in [0.5, 0.6) is 0 Å². The van der Waals surface area contributed by atoms with Crippen molar-refractivity contribution in [1.82, 2.24) is 4.57 Å². The van der Waals surface area contributed by atoms with Crippen LogP contribution in [0.3, 0.4) is 0 Å². The second-order valence-corrected chi connectivity index (χ2v) is 18.1. The fourth-order valence-corrected chi connectivity index (χ4v) is 11.2. The van der Waals surface area contributed by atoms with Gasteiger partial charge in [0.25, 0.3) is 0 Å². The molecule has 0 bridgehead atoms. The quantitative estimate of drug-likeness (QED) is 0.140. The number of nitrogens with zero attached hydrogens (tertiary/aromatic N) is 2. The highest BCUT2D eigenvalue weighted by atomic mass is 15.1. The number of anilines is 3. The Morgan fingerprint density at radius 3 is 1.19 bits per heavy atom. The summed E-state index contributed by atoms with van der Waals surface area (Å²) in [5, 5.41) is 2.53. The lowest BCUT2D eigenvalue weighted by Crippen LogP contribution is -2.28. The van der Waals surface area contributed by atoms with E-state index in [4.69, 9.17) is 0 Å². The molecule has 0 unspecified atom stereocenters. The lowest BCUT2D eigenvalue weighted by molar-refractivity contribution is 0.768. The van der Waals surface area contributed by atoms with Crippen LogP contribution in [0.2, 0.25) is 0 Å². The van der Waals surface area contributed by atoms with Gasteiger partial charge in [-0.1, -0.05) is 212 Å². The Morgan fingerprint density at radius 1 is 0.275 bits per heavy atom. The molecule has 0 saturated carbocycles. The van der Waals surface area contributed by atoms with Crippen molar-refractivity contribution < 1.29 is 0 Å². The molecule has 0 saturated heterocycles. The molecule has 2 heteroatoms. The maximum absolute atomic E-state index is 2.42. The molecular weight excluding hydrogens is 833 g/mol. The summed E-state index contributed by atoms with van der Waals surface area (Å²) in [6.45, 7) is 0. The Hall–Kier alpha value is -8.98. The molecule has 2 nitrogen and oxygen atoms in total. The van der Waals surface area contributed by atoms with E-state index in [0.717, 1.165) is 39.4 Å². The standard InChI is InChI=1S/C67H46N2/c1-4-18-47(19-5-1)51-44-52(48-20-6-2-7-21-48)46-58(45-51)68(55-38-32-49(33-39-55)50-34-40-57(41-35-50)69-65-30-16-12-26-61(65)62-27-13-17-31-66(62)69)56-42-36-54(37-43-56)67(53-22-8-3-9-23-53)63-28-14-10-24-59(63)60-25-11-15-29-64(60)67/h1-46H. The summed E-state index contributed by atoms with van der Waals surface area (Å²) in [4.78, 5) is 2.42. The first-order valence-corrected chi connectivity index (χ1v) is 23.8. The summed E-state index contributed by atoms with van der Waals surface area (Å²) in [7, 11) is 0. The van der Waals surface area contributed by atoms with Crippen LogP contribution in [0.1, 0.15) is 22.3 Å². The molecule has 1 aliphatic rings. The number of benzene rings is 11. The molecule has 0 fully saturated rings. The Labute approximate surface area is 403 Å². The minimum Gasteiger partial charge on any atom is -0.310 e. The molecule has 0 atom stereocenters. The molecule has 1 heterocycles. The highest BCUT2D eigenvalue weighted by molar-refractivity contribution is 6.09. The minimum absolute atomic E-state index is 0.482. The number of para-hydroxylation sites is 2. The molecule has 0 amide bonds. The summed E-state index contributed by atoms with van der Waals surface area (Å²) in [6, 6.07) is 102. The predicted molar refractivity (Wildman–Crippen MR) is 289 cm³/mol. The number of hydrogen-bond acceptors (Lipinski definition) is 1. The maximum atomic E-state index is 2.42. The number of fused-ring (bicyclic) bond motifs is 6. The lowest BCUT2D eigenvalue weighted by atomic mass is 9.68. The highest BCUT2D eigenvalue weighted by Gasteiger charge is 2.45. The average molecular weight is 879 g/mol. The molecule has 1 aliphatic carbocycles. The van der Waals surface area contributed by atoms with E-state index in [9.17, 15) is 0 Å². The van der Waals surface area contributed by atoms with Crippen molar-refractivity contribution in [2.45, 2.75) is 5.41 Å². The summed E-state index contributed by atoms with van der Waals surface area (Å²) in [5.41, 5.74) is 21.0. The largest absolute Gasteiger partial charge is 0.310 e. The molecule has 0 spiro atoms. The molecule has 1 aromatic heterocycles. The van der Waals surface area contributed by atoms with Crippen LogP contribution in [-0.4, -0.2) is 4.57 Å². The third-order valence-electron chi connectivity index (χ3n) is 14.3. The van der Waals surface area contributed by atoms with Gasteiger partial charge < -0.3 is 9.47 Å². The van der Waals surface area contributed by atoms with E-state index in [1.807, 2.05) is 0 Å². The maximum Gasteiger partial charge on any atom is 0.0713 e. The van der Waals surface area contributed by atoms with Crippen molar-refractivity contribution in [2.24, 2.45) is 0 Å². The molecule has 12 aromatic rings. The second kappa shape index (κ2) is 16.7. The zero-order valence-electron chi connectivity index (χ0n) is 38.0. The van der Waals surface area contributed by atoms with E-state index in [-0.39, 0.29) is 0 Å². The third kappa shape index (κ3) is 6.72. The van der Waals surface area contributed by atoms with Crippen LogP contribution < -0.4 is 4.90 Å². The van der Waals surface area contributed by atoms with Crippen LogP contribution in [0.4, 0.5) is 17.1 Å². The zero-order chi connectivity index (χ0) is 45.7. The summed E-state index contributed by atoms with van der Waals surface area (Å²) in [6.07, 6.45) is 0. The summed E-state index contributed by atoms with van der Waals surface area (Å²) < 4.78 is 2.37. The van der Waals surface area contributed by atoms with Crippen molar-refractivity contribution in [3.8, 4) is 50.2 Å². The normalized spacial score (nSPS) is 12.5. The van der Waals surface area contributed by atoms with Crippen LogP contribution >= 0.6 is 0 Å². The Bertz CT molecular complexity index is 3640. The van der Waals surface area contributed by atoms with Crippen molar-refractivity contribution in [3.63, 3.8) is 0 Å². The van der Waals surface area contributed by atoms with Crippen molar-refractivity contribution >= 4 is 38.9 Å². The second-order valence-electron chi connectivity index (χ2n) is 18.1. The Morgan fingerprint density at radius 2 is 0.667 bits per heavy atom. The first-order valence-electron chi connectivity index (χ1n) is 23.8. The van der Waals surface area contributed by atoms with Gasteiger partial charge in [0.05, 0.1) is 16.4 Å². The molecule has 11 aromatic carbocycles. The van der Waals surface area contributed by atoms with Crippen LogP contribution in [0.25, 0.3) is 72.0 Å². The van der Waals surface area contributed by atoms with Crippen molar-refractivity contribution in [3.05, 3.63) is 301 Å². The zero-order valence-corrected chi connectivity index (χ0v) is 38.0. The Kier molecular flexibility index (Phi) is 9.77. The molecule has 0 radical (unpaired) electrons.